The maximum Gasteiger partial charge on any atom is 0.157 e. The molecule has 0 aliphatic rings. The van der Waals surface area contributed by atoms with Crippen LogP contribution in [0.3, 0.4) is 0 Å². The maximum atomic E-state index is 10.0. The van der Waals surface area contributed by atoms with E-state index in [0.29, 0.717) is 12.2 Å². The third kappa shape index (κ3) is 2.68. The summed E-state index contributed by atoms with van der Waals surface area (Å²) in [4.78, 5) is 12.4. The topological polar surface area (TPSA) is 63.8 Å². The molecule has 0 aliphatic carbocycles. The highest BCUT2D eigenvalue weighted by Crippen LogP contribution is 2.13. The first-order valence-electron chi connectivity index (χ1n) is 5.67. The van der Waals surface area contributed by atoms with Gasteiger partial charge in [0, 0.05) is 37.8 Å². The molecule has 2 aromatic heterocycles. The van der Waals surface area contributed by atoms with E-state index in [0.717, 1.165) is 17.9 Å². The van der Waals surface area contributed by atoms with Gasteiger partial charge in [-0.3, -0.25) is 0 Å². The zero-order chi connectivity index (χ0) is 12.3. The van der Waals surface area contributed by atoms with Gasteiger partial charge in [-0.2, -0.15) is 0 Å². The third-order valence-electron chi connectivity index (χ3n) is 2.62. The third-order valence-corrected chi connectivity index (χ3v) is 2.62. The van der Waals surface area contributed by atoms with Crippen LogP contribution in [0, 0.1) is 6.92 Å². The predicted molar refractivity (Wildman–Crippen MR) is 63.3 cm³/mol. The van der Waals surface area contributed by atoms with Crippen molar-refractivity contribution in [2.24, 2.45) is 0 Å². The van der Waals surface area contributed by atoms with Gasteiger partial charge < -0.3 is 9.67 Å². The molecule has 0 amide bonds. The summed E-state index contributed by atoms with van der Waals surface area (Å²) in [6.07, 6.45) is 6.78. The second kappa shape index (κ2) is 5.05. The van der Waals surface area contributed by atoms with Gasteiger partial charge in [0.15, 0.2) is 5.82 Å². The number of aliphatic hydroxyl groups excluding tert-OH is 1. The Bertz CT molecular complexity index is 478. The molecule has 1 N–H and O–H groups in total. The predicted octanol–water partition coefficient (Wildman–Crippen LogP) is 1.28. The number of imidazole rings is 1. The molecule has 0 aliphatic heterocycles. The van der Waals surface area contributed by atoms with Crippen LogP contribution in [0.4, 0.5) is 0 Å². The molecule has 0 spiro atoms. The van der Waals surface area contributed by atoms with E-state index in [1.807, 2.05) is 24.6 Å². The van der Waals surface area contributed by atoms with E-state index in [2.05, 4.69) is 15.0 Å². The van der Waals surface area contributed by atoms with Crippen molar-refractivity contribution in [3.63, 3.8) is 0 Å². The molecule has 2 aromatic rings. The number of aliphatic hydroxyl groups is 1. The Labute approximate surface area is 100 Å². The van der Waals surface area contributed by atoms with Crippen LogP contribution < -0.4 is 0 Å². The first-order chi connectivity index (χ1) is 8.20. The van der Waals surface area contributed by atoms with Gasteiger partial charge in [0.1, 0.15) is 11.9 Å². The number of aryl methyl sites for hydroxylation is 2. The second-order valence-electron chi connectivity index (χ2n) is 3.97. The van der Waals surface area contributed by atoms with E-state index in [1.165, 1.54) is 0 Å². The van der Waals surface area contributed by atoms with Crippen LogP contribution in [0.15, 0.2) is 24.8 Å². The van der Waals surface area contributed by atoms with Crippen LogP contribution in [0.5, 0.6) is 0 Å². The molecule has 0 aromatic carbocycles. The summed E-state index contributed by atoms with van der Waals surface area (Å²) in [5, 5.41) is 10.0. The standard InChI is InChI=1S/C12H16N4O/c1-3-16-5-4-13-11(16)6-10(17)12-14-7-9(2)8-15-12/h4-5,7-8,10,17H,3,6H2,1-2H3. The number of aromatic nitrogens is 4. The molecule has 0 radical (unpaired) electrons. The molecule has 0 fully saturated rings. The van der Waals surface area contributed by atoms with Crippen LogP contribution in [-0.2, 0) is 13.0 Å². The molecular weight excluding hydrogens is 216 g/mol. The normalized spacial score (nSPS) is 12.6. The highest BCUT2D eigenvalue weighted by atomic mass is 16.3. The van der Waals surface area contributed by atoms with Crippen LogP contribution >= 0.6 is 0 Å². The number of hydrogen-bond donors (Lipinski definition) is 1. The summed E-state index contributed by atoms with van der Waals surface area (Å²) < 4.78 is 2.00. The fraction of sp³-hybridized carbons (Fsp3) is 0.417. The lowest BCUT2D eigenvalue weighted by atomic mass is 10.2. The molecule has 1 unspecified atom stereocenters. The highest BCUT2D eigenvalue weighted by molar-refractivity contribution is 5.05. The van der Waals surface area contributed by atoms with E-state index in [1.54, 1.807) is 18.6 Å². The second-order valence-corrected chi connectivity index (χ2v) is 3.97. The van der Waals surface area contributed by atoms with E-state index >= 15 is 0 Å². The fourth-order valence-electron chi connectivity index (χ4n) is 1.66. The van der Waals surface area contributed by atoms with Gasteiger partial charge in [-0.15, -0.1) is 0 Å². The van der Waals surface area contributed by atoms with Crippen molar-refractivity contribution in [3.05, 3.63) is 42.0 Å². The van der Waals surface area contributed by atoms with Crippen LogP contribution in [-0.4, -0.2) is 24.6 Å². The van der Waals surface area contributed by atoms with E-state index in [-0.39, 0.29) is 0 Å². The molecule has 2 rings (SSSR count). The van der Waals surface area contributed by atoms with E-state index in [4.69, 9.17) is 0 Å². The van der Waals surface area contributed by atoms with Crippen molar-refractivity contribution in [3.8, 4) is 0 Å². The SMILES string of the molecule is CCn1ccnc1CC(O)c1ncc(C)cn1. The van der Waals surface area contributed by atoms with Gasteiger partial charge in [-0.1, -0.05) is 0 Å². The Morgan fingerprint density at radius 1 is 1.29 bits per heavy atom. The van der Waals surface area contributed by atoms with Crippen molar-refractivity contribution in [1.82, 2.24) is 19.5 Å². The number of hydrogen-bond acceptors (Lipinski definition) is 4. The summed E-state index contributed by atoms with van der Waals surface area (Å²) in [6, 6.07) is 0. The van der Waals surface area contributed by atoms with Gasteiger partial charge >= 0.3 is 0 Å². The molecule has 17 heavy (non-hydrogen) atoms. The maximum absolute atomic E-state index is 10.0. The summed E-state index contributed by atoms with van der Waals surface area (Å²) >= 11 is 0. The van der Waals surface area contributed by atoms with Gasteiger partial charge in [0.2, 0.25) is 0 Å². The smallest absolute Gasteiger partial charge is 0.157 e. The molecule has 0 bridgehead atoms. The minimum Gasteiger partial charge on any atom is -0.385 e. The van der Waals surface area contributed by atoms with Crippen LogP contribution in [0.25, 0.3) is 0 Å². The Kier molecular flexibility index (Phi) is 3.49. The van der Waals surface area contributed by atoms with Crippen molar-refractivity contribution in [2.75, 3.05) is 0 Å². The quantitative estimate of drug-likeness (QED) is 0.862. The van der Waals surface area contributed by atoms with Gasteiger partial charge in [0.25, 0.3) is 0 Å². The summed E-state index contributed by atoms with van der Waals surface area (Å²) in [7, 11) is 0. The molecule has 2 heterocycles. The van der Waals surface area contributed by atoms with Crippen molar-refractivity contribution >= 4 is 0 Å². The molecule has 0 saturated carbocycles. The lowest BCUT2D eigenvalue weighted by Crippen LogP contribution is -2.11. The largest absolute Gasteiger partial charge is 0.385 e. The Hall–Kier alpha value is -1.75. The zero-order valence-electron chi connectivity index (χ0n) is 10.0. The monoisotopic (exact) mass is 232 g/mol. The Morgan fingerprint density at radius 2 is 2.00 bits per heavy atom. The van der Waals surface area contributed by atoms with Gasteiger partial charge in [0.05, 0.1) is 0 Å². The summed E-state index contributed by atoms with van der Waals surface area (Å²) in [5.41, 5.74) is 0.982. The fourth-order valence-corrected chi connectivity index (χ4v) is 1.66. The van der Waals surface area contributed by atoms with Crippen molar-refractivity contribution < 1.29 is 5.11 Å². The zero-order valence-corrected chi connectivity index (χ0v) is 10.0. The lowest BCUT2D eigenvalue weighted by Gasteiger charge is -2.10. The Balaban J connectivity index is 2.11. The molecular formula is C12H16N4O. The number of rotatable bonds is 4. The van der Waals surface area contributed by atoms with Crippen LogP contribution in [0.2, 0.25) is 0 Å². The minimum atomic E-state index is -0.705. The average Bonchev–Trinajstić information content (AvgIpc) is 2.77. The Morgan fingerprint density at radius 3 is 2.65 bits per heavy atom. The summed E-state index contributed by atoms with van der Waals surface area (Å²) in [5.74, 6) is 1.30. The van der Waals surface area contributed by atoms with Crippen molar-refractivity contribution in [1.29, 1.82) is 0 Å². The summed E-state index contributed by atoms with van der Waals surface area (Å²) in [6.45, 7) is 4.80. The first kappa shape index (κ1) is 11.7. The minimum absolute atomic E-state index is 0.434. The molecule has 0 saturated heterocycles. The molecule has 90 valence electrons. The highest BCUT2D eigenvalue weighted by Gasteiger charge is 2.14. The molecule has 5 heteroatoms. The molecule has 1 atom stereocenters. The molecule has 5 nitrogen and oxygen atoms in total. The van der Waals surface area contributed by atoms with Gasteiger partial charge in [-0.05, 0) is 19.4 Å². The van der Waals surface area contributed by atoms with E-state index in [9.17, 15) is 5.11 Å². The average molecular weight is 232 g/mol. The number of nitrogens with zero attached hydrogens (tertiary/aromatic N) is 4. The van der Waals surface area contributed by atoms with Crippen molar-refractivity contribution in [2.45, 2.75) is 32.9 Å². The van der Waals surface area contributed by atoms with E-state index < -0.39 is 6.10 Å². The van der Waals surface area contributed by atoms with Crippen LogP contribution in [0.1, 0.15) is 30.2 Å². The lowest BCUT2D eigenvalue weighted by molar-refractivity contribution is 0.164. The van der Waals surface area contributed by atoms with Gasteiger partial charge in [-0.25, -0.2) is 15.0 Å². The first-order valence-corrected chi connectivity index (χ1v) is 5.67.